The minimum absolute atomic E-state index is 0.125. The Morgan fingerprint density at radius 3 is 2.72 bits per heavy atom. The minimum atomic E-state index is -1.11. The van der Waals surface area contributed by atoms with E-state index >= 15 is 0 Å². The van der Waals surface area contributed by atoms with Gasteiger partial charge in [-0.15, -0.1) is 0 Å². The third kappa shape index (κ3) is 4.72. The molecule has 0 aliphatic heterocycles. The molecule has 0 aliphatic rings. The maximum atomic E-state index is 12.3. The van der Waals surface area contributed by atoms with E-state index in [9.17, 15) is 19.2 Å². The van der Waals surface area contributed by atoms with Crippen molar-refractivity contribution in [2.24, 2.45) is 0 Å². The summed E-state index contributed by atoms with van der Waals surface area (Å²) in [4.78, 5) is 50.1. The molecule has 1 heterocycles. The quantitative estimate of drug-likeness (QED) is 0.623. The fraction of sp³-hybridized carbons (Fsp3) is 0.375. The van der Waals surface area contributed by atoms with Crippen molar-refractivity contribution in [3.63, 3.8) is 0 Å². The van der Waals surface area contributed by atoms with Gasteiger partial charge in [-0.25, -0.2) is 9.59 Å². The number of aromatic amines is 1. The first-order chi connectivity index (χ1) is 11.9. The van der Waals surface area contributed by atoms with Crippen molar-refractivity contribution in [1.82, 2.24) is 14.9 Å². The number of carboxylic acids is 1. The van der Waals surface area contributed by atoms with Crippen LogP contribution in [0.15, 0.2) is 33.9 Å². The molecule has 0 spiro atoms. The van der Waals surface area contributed by atoms with Crippen molar-refractivity contribution < 1.29 is 14.7 Å². The number of aromatic nitrogens is 2. The SMILES string of the molecule is CSCC[C@H](NC(=O)CCn1c(=O)[nH]c2ccccc2c1=O)C(=O)O. The smallest absolute Gasteiger partial charge is 0.328 e. The number of hydrogen-bond donors (Lipinski definition) is 3. The number of carbonyl (C=O) groups is 2. The highest BCUT2D eigenvalue weighted by Crippen LogP contribution is 2.04. The molecule has 1 aromatic heterocycles. The summed E-state index contributed by atoms with van der Waals surface area (Å²) in [6.45, 7) is -0.125. The number of rotatable bonds is 8. The lowest BCUT2D eigenvalue weighted by molar-refractivity contribution is -0.141. The number of nitrogens with one attached hydrogen (secondary N) is 2. The molecule has 0 saturated heterocycles. The number of thioether (sulfide) groups is 1. The van der Waals surface area contributed by atoms with Crippen molar-refractivity contribution in [3.05, 3.63) is 45.1 Å². The van der Waals surface area contributed by atoms with Crippen LogP contribution in [0, 0.1) is 0 Å². The van der Waals surface area contributed by atoms with E-state index < -0.39 is 29.2 Å². The van der Waals surface area contributed by atoms with E-state index in [-0.39, 0.29) is 13.0 Å². The second-order valence-corrected chi connectivity index (χ2v) is 6.41. The topological polar surface area (TPSA) is 121 Å². The zero-order valence-electron chi connectivity index (χ0n) is 13.7. The third-order valence-electron chi connectivity index (χ3n) is 3.70. The Balaban J connectivity index is 2.09. The lowest BCUT2D eigenvalue weighted by Crippen LogP contribution is -2.42. The minimum Gasteiger partial charge on any atom is -0.480 e. The van der Waals surface area contributed by atoms with Gasteiger partial charge in [-0.2, -0.15) is 11.8 Å². The standard InChI is InChI=1S/C16H19N3O5S/c1-25-9-7-12(15(22)23)17-13(20)6-8-19-14(21)10-4-2-3-5-11(10)18-16(19)24/h2-5,12H,6-9H2,1H3,(H,17,20)(H,18,24)(H,22,23)/t12-/m0/s1. The normalized spacial score (nSPS) is 12.0. The summed E-state index contributed by atoms with van der Waals surface area (Å²) < 4.78 is 0.944. The van der Waals surface area contributed by atoms with Crippen molar-refractivity contribution >= 4 is 34.5 Å². The Hall–Kier alpha value is -2.55. The molecule has 1 amide bonds. The van der Waals surface area contributed by atoms with Crippen molar-refractivity contribution in [1.29, 1.82) is 0 Å². The number of para-hydroxylation sites is 1. The van der Waals surface area contributed by atoms with E-state index in [0.717, 1.165) is 4.57 Å². The Kier molecular flexibility index (Phi) is 6.40. The Labute approximate surface area is 147 Å². The van der Waals surface area contributed by atoms with Gasteiger partial charge < -0.3 is 15.4 Å². The molecule has 2 aromatic rings. The summed E-state index contributed by atoms with van der Waals surface area (Å²) in [5.41, 5.74) is -0.654. The first-order valence-corrected chi connectivity index (χ1v) is 9.06. The zero-order valence-corrected chi connectivity index (χ0v) is 14.5. The molecule has 8 nitrogen and oxygen atoms in total. The van der Waals surface area contributed by atoms with Gasteiger partial charge in [0.1, 0.15) is 6.04 Å². The summed E-state index contributed by atoms with van der Waals surface area (Å²) in [5, 5.41) is 11.9. The van der Waals surface area contributed by atoms with Crippen LogP contribution in [0.25, 0.3) is 10.9 Å². The number of carbonyl (C=O) groups excluding carboxylic acids is 1. The van der Waals surface area contributed by atoms with Crippen LogP contribution in [-0.2, 0) is 16.1 Å². The summed E-state index contributed by atoms with van der Waals surface area (Å²) >= 11 is 1.48. The van der Waals surface area contributed by atoms with Gasteiger partial charge in [0.25, 0.3) is 5.56 Å². The number of hydrogen-bond acceptors (Lipinski definition) is 5. The van der Waals surface area contributed by atoms with E-state index in [1.165, 1.54) is 11.8 Å². The summed E-state index contributed by atoms with van der Waals surface area (Å²) in [5.74, 6) is -1.03. The molecule has 0 saturated carbocycles. The highest BCUT2D eigenvalue weighted by Gasteiger charge is 2.19. The molecule has 0 bridgehead atoms. The number of amides is 1. The van der Waals surface area contributed by atoms with Gasteiger partial charge in [-0.1, -0.05) is 12.1 Å². The average molecular weight is 365 g/mol. The number of H-pyrrole nitrogens is 1. The van der Waals surface area contributed by atoms with Crippen molar-refractivity contribution in [2.45, 2.75) is 25.4 Å². The first kappa shape index (κ1) is 18.8. The van der Waals surface area contributed by atoms with Crippen LogP contribution in [-0.4, -0.2) is 44.6 Å². The first-order valence-electron chi connectivity index (χ1n) is 7.67. The summed E-state index contributed by atoms with van der Waals surface area (Å²) in [7, 11) is 0. The lowest BCUT2D eigenvalue weighted by atomic mass is 10.2. The highest BCUT2D eigenvalue weighted by molar-refractivity contribution is 7.98. The predicted octanol–water partition coefficient (Wildman–Crippen LogP) is 0.402. The molecule has 1 atom stereocenters. The van der Waals surface area contributed by atoms with Crippen LogP contribution in [0.4, 0.5) is 0 Å². The molecule has 0 aliphatic carbocycles. The number of fused-ring (bicyclic) bond motifs is 1. The molecule has 25 heavy (non-hydrogen) atoms. The van der Waals surface area contributed by atoms with E-state index in [1.807, 2.05) is 6.26 Å². The molecule has 9 heteroatoms. The molecule has 3 N–H and O–H groups in total. The summed E-state index contributed by atoms with van der Waals surface area (Å²) in [6.07, 6.45) is 1.99. The van der Waals surface area contributed by atoms with Crippen LogP contribution < -0.4 is 16.6 Å². The highest BCUT2D eigenvalue weighted by atomic mass is 32.2. The van der Waals surface area contributed by atoms with E-state index in [2.05, 4.69) is 10.3 Å². The molecule has 2 rings (SSSR count). The van der Waals surface area contributed by atoms with Crippen molar-refractivity contribution in [2.75, 3.05) is 12.0 Å². The van der Waals surface area contributed by atoms with E-state index in [4.69, 9.17) is 5.11 Å². The van der Waals surface area contributed by atoms with Crippen LogP contribution in [0.5, 0.6) is 0 Å². The number of benzene rings is 1. The lowest BCUT2D eigenvalue weighted by Gasteiger charge is -2.14. The molecule has 0 radical (unpaired) electrons. The van der Waals surface area contributed by atoms with Crippen LogP contribution in [0.1, 0.15) is 12.8 Å². The van der Waals surface area contributed by atoms with Gasteiger partial charge in [0.2, 0.25) is 5.91 Å². The molecular formula is C16H19N3O5S. The van der Waals surface area contributed by atoms with Crippen LogP contribution >= 0.6 is 11.8 Å². The summed E-state index contributed by atoms with van der Waals surface area (Å²) in [6, 6.07) is 5.62. The van der Waals surface area contributed by atoms with Crippen molar-refractivity contribution in [3.8, 4) is 0 Å². The number of carboxylic acid groups (broad SMARTS) is 1. The van der Waals surface area contributed by atoms with Gasteiger partial charge in [0.05, 0.1) is 10.9 Å². The number of nitrogens with zero attached hydrogens (tertiary/aromatic N) is 1. The third-order valence-corrected chi connectivity index (χ3v) is 4.34. The fourth-order valence-electron chi connectivity index (χ4n) is 2.37. The van der Waals surface area contributed by atoms with E-state index in [0.29, 0.717) is 23.1 Å². The number of aliphatic carboxylic acids is 1. The second-order valence-electron chi connectivity index (χ2n) is 5.42. The van der Waals surface area contributed by atoms with Gasteiger partial charge in [0.15, 0.2) is 0 Å². The molecule has 0 unspecified atom stereocenters. The second kappa shape index (κ2) is 8.52. The Morgan fingerprint density at radius 1 is 1.32 bits per heavy atom. The molecule has 134 valence electrons. The fourth-order valence-corrected chi connectivity index (χ4v) is 2.85. The molecule has 0 fully saturated rings. The Morgan fingerprint density at radius 2 is 2.04 bits per heavy atom. The van der Waals surface area contributed by atoms with Crippen LogP contribution in [0.3, 0.4) is 0 Å². The van der Waals surface area contributed by atoms with Crippen LogP contribution in [0.2, 0.25) is 0 Å². The predicted molar refractivity (Wildman–Crippen MR) is 96.0 cm³/mol. The molecular weight excluding hydrogens is 346 g/mol. The molecule has 1 aromatic carbocycles. The van der Waals surface area contributed by atoms with Gasteiger partial charge in [-0.3, -0.25) is 14.2 Å². The van der Waals surface area contributed by atoms with Gasteiger partial charge >= 0.3 is 11.7 Å². The zero-order chi connectivity index (χ0) is 18.4. The monoisotopic (exact) mass is 365 g/mol. The maximum absolute atomic E-state index is 12.3. The van der Waals surface area contributed by atoms with E-state index in [1.54, 1.807) is 24.3 Å². The van der Waals surface area contributed by atoms with Gasteiger partial charge in [0, 0.05) is 13.0 Å². The maximum Gasteiger partial charge on any atom is 0.328 e. The largest absolute Gasteiger partial charge is 0.480 e. The Bertz CT molecular complexity index is 889. The van der Waals surface area contributed by atoms with Gasteiger partial charge in [-0.05, 0) is 30.6 Å². The average Bonchev–Trinajstić information content (AvgIpc) is 2.58.